The van der Waals surface area contributed by atoms with Crippen LogP contribution in [0.15, 0.2) is 18.2 Å². The van der Waals surface area contributed by atoms with Crippen molar-refractivity contribution in [2.45, 2.75) is 25.8 Å². The van der Waals surface area contributed by atoms with Gasteiger partial charge in [-0.1, -0.05) is 13.3 Å². The normalized spacial score (nSPS) is 12.1. The highest BCUT2D eigenvalue weighted by atomic mass is 16.5. The summed E-state index contributed by atoms with van der Waals surface area (Å²) in [5.74, 6) is -0.837. The summed E-state index contributed by atoms with van der Waals surface area (Å²) in [5, 5.41) is 21.3. The second-order valence-electron chi connectivity index (χ2n) is 4.12. The van der Waals surface area contributed by atoms with Crippen LogP contribution in [0.1, 0.15) is 30.1 Å². The van der Waals surface area contributed by atoms with Crippen LogP contribution in [0.2, 0.25) is 0 Å². The Morgan fingerprint density at radius 3 is 2.67 bits per heavy atom. The Morgan fingerprint density at radius 2 is 2.11 bits per heavy atom. The van der Waals surface area contributed by atoms with Gasteiger partial charge in [0, 0.05) is 12.7 Å². The van der Waals surface area contributed by atoms with Gasteiger partial charge in [0.15, 0.2) is 11.5 Å². The first-order valence-corrected chi connectivity index (χ1v) is 5.90. The highest BCUT2D eigenvalue weighted by molar-refractivity contribution is 5.95. The van der Waals surface area contributed by atoms with Crippen LogP contribution in [0.3, 0.4) is 0 Å². The average molecular weight is 253 g/mol. The fourth-order valence-corrected chi connectivity index (χ4v) is 1.68. The first-order chi connectivity index (χ1) is 8.58. The largest absolute Gasteiger partial charge is 0.504 e. The molecule has 0 fully saturated rings. The van der Waals surface area contributed by atoms with Gasteiger partial charge in [-0.2, -0.15) is 0 Å². The molecular weight excluding hydrogens is 234 g/mol. The summed E-state index contributed by atoms with van der Waals surface area (Å²) in [6, 6.07) is 3.93. The average Bonchev–Trinajstić information content (AvgIpc) is 2.33. The van der Waals surface area contributed by atoms with E-state index in [0.717, 1.165) is 12.8 Å². The number of hydrogen-bond acceptors (Lipinski definition) is 4. The Kier molecular flexibility index (Phi) is 5.45. The van der Waals surface area contributed by atoms with E-state index in [0.29, 0.717) is 12.2 Å². The molecule has 5 heteroatoms. The van der Waals surface area contributed by atoms with E-state index >= 15 is 0 Å². The number of aromatic hydroxyl groups is 2. The molecule has 0 radical (unpaired) electrons. The molecule has 1 atom stereocenters. The van der Waals surface area contributed by atoms with Crippen LogP contribution in [0.25, 0.3) is 0 Å². The third-order valence-corrected chi connectivity index (χ3v) is 2.58. The quantitative estimate of drug-likeness (QED) is 0.673. The van der Waals surface area contributed by atoms with Crippen molar-refractivity contribution in [1.29, 1.82) is 0 Å². The van der Waals surface area contributed by atoms with Crippen LogP contribution in [-0.4, -0.2) is 35.9 Å². The molecule has 1 rings (SSSR count). The molecule has 5 nitrogen and oxygen atoms in total. The van der Waals surface area contributed by atoms with Crippen molar-refractivity contribution in [2.75, 3.05) is 13.7 Å². The molecule has 0 saturated heterocycles. The van der Waals surface area contributed by atoms with Crippen LogP contribution < -0.4 is 5.32 Å². The molecule has 0 saturated carbocycles. The Hall–Kier alpha value is -1.75. The summed E-state index contributed by atoms with van der Waals surface area (Å²) in [5.41, 5.74) is 0.308. The summed E-state index contributed by atoms with van der Waals surface area (Å²) in [4.78, 5) is 11.9. The number of hydrogen-bond donors (Lipinski definition) is 3. The number of ether oxygens (including phenoxy) is 1. The Bertz CT molecular complexity index is 400. The van der Waals surface area contributed by atoms with Gasteiger partial charge >= 0.3 is 0 Å². The number of carbonyl (C=O) groups is 1. The smallest absolute Gasteiger partial charge is 0.251 e. The molecule has 18 heavy (non-hydrogen) atoms. The van der Waals surface area contributed by atoms with Crippen LogP contribution >= 0.6 is 0 Å². The van der Waals surface area contributed by atoms with Crippen LogP contribution in [0.5, 0.6) is 11.5 Å². The molecule has 100 valence electrons. The number of nitrogens with one attached hydrogen (secondary N) is 1. The van der Waals surface area contributed by atoms with Gasteiger partial charge in [0.05, 0.1) is 12.6 Å². The number of methoxy groups -OCH3 is 1. The lowest BCUT2D eigenvalue weighted by atomic mass is 10.1. The van der Waals surface area contributed by atoms with Crippen LogP contribution in [-0.2, 0) is 4.74 Å². The van der Waals surface area contributed by atoms with E-state index in [4.69, 9.17) is 4.74 Å². The van der Waals surface area contributed by atoms with E-state index in [-0.39, 0.29) is 23.4 Å². The summed E-state index contributed by atoms with van der Waals surface area (Å²) >= 11 is 0. The van der Waals surface area contributed by atoms with Gasteiger partial charge in [-0.25, -0.2) is 0 Å². The van der Waals surface area contributed by atoms with E-state index in [1.165, 1.54) is 18.2 Å². The van der Waals surface area contributed by atoms with Gasteiger partial charge in [0.2, 0.25) is 0 Å². The minimum atomic E-state index is -0.304. The van der Waals surface area contributed by atoms with E-state index in [1.807, 2.05) is 6.92 Å². The van der Waals surface area contributed by atoms with Crippen molar-refractivity contribution in [3.8, 4) is 11.5 Å². The van der Waals surface area contributed by atoms with Crippen molar-refractivity contribution in [3.05, 3.63) is 23.8 Å². The number of benzene rings is 1. The highest BCUT2D eigenvalue weighted by Gasteiger charge is 2.14. The summed E-state index contributed by atoms with van der Waals surface area (Å²) in [6.45, 7) is 2.48. The minimum Gasteiger partial charge on any atom is -0.504 e. The summed E-state index contributed by atoms with van der Waals surface area (Å²) < 4.78 is 5.03. The van der Waals surface area contributed by atoms with Crippen molar-refractivity contribution < 1.29 is 19.7 Å². The number of carbonyl (C=O) groups excluding carboxylic acids is 1. The fraction of sp³-hybridized carbons (Fsp3) is 0.462. The van der Waals surface area contributed by atoms with Crippen LogP contribution in [0, 0.1) is 0 Å². The second-order valence-corrected chi connectivity index (χ2v) is 4.12. The topological polar surface area (TPSA) is 78.8 Å². The van der Waals surface area contributed by atoms with Gasteiger partial charge in [0.25, 0.3) is 5.91 Å². The number of rotatable bonds is 6. The third kappa shape index (κ3) is 3.92. The monoisotopic (exact) mass is 253 g/mol. The summed E-state index contributed by atoms with van der Waals surface area (Å²) in [6.07, 6.45) is 1.76. The molecule has 0 aliphatic rings. The van der Waals surface area contributed by atoms with E-state index in [1.54, 1.807) is 7.11 Å². The predicted molar refractivity (Wildman–Crippen MR) is 67.8 cm³/mol. The molecule has 3 N–H and O–H groups in total. The lowest BCUT2D eigenvalue weighted by Crippen LogP contribution is -2.37. The van der Waals surface area contributed by atoms with Gasteiger partial charge < -0.3 is 20.3 Å². The minimum absolute atomic E-state index is 0.0524. The third-order valence-electron chi connectivity index (χ3n) is 2.58. The number of amides is 1. The Morgan fingerprint density at radius 1 is 1.39 bits per heavy atom. The number of phenolic OH excluding ortho intramolecular Hbond substituents is 2. The summed E-state index contributed by atoms with van der Waals surface area (Å²) in [7, 11) is 1.58. The van der Waals surface area contributed by atoms with E-state index in [9.17, 15) is 15.0 Å². The van der Waals surface area contributed by atoms with E-state index < -0.39 is 0 Å². The molecule has 1 unspecified atom stereocenters. The molecule has 0 heterocycles. The van der Waals surface area contributed by atoms with Crippen molar-refractivity contribution in [3.63, 3.8) is 0 Å². The lowest BCUT2D eigenvalue weighted by molar-refractivity contribution is 0.0891. The zero-order valence-electron chi connectivity index (χ0n) is 10.6. The molecule has 0 spiro atoms. The van der Waals surface area contributed by atoms with Crippen molar-refractivity contribution in [1.82, 2.24) is 5.32 Å². The maximum atomic E-state index is 11.9. The standard InChI is InChI=1S/C13H19NO4/c1-3-4-10(8-18-2)14-13(17)9-5-6-11(15)12(16)7-9/h5-7,10,15-16H,3-4,8H2,1-2H3,(H,14,17). The van der Waals surface area contributed by atoms with Gasteiger partial charge in [0.1, 0.15) is 0 Å². The second kappa shape index (κ2) is 6.86. The molecule has 1 aromatic carbocycles. The molecule has 1 amide bonds. The molecular formula is C13H19NO4. The van der Waals surface area contributed by atoms with Gasteiger partial charge in [-0.3, -0.25) is 4.79 Å². The first kappa shape index (κ1) is 14.3. The van der Waals surface area contributed by atoms with Crippen LogP contribution in [0.4, 0.5) is 0 Å². The predicted octanol–water partition coefficient (Wildman–Crippen LogP) is 1.64. The maximum absolute atomic E-state index is 11.9. The zero-order chi connectivity index (χ0) is 13.5. The highest BCUT2D eigenvalue weighted by Crippen LogP contribution is 2.24. The first-order valence-electron chi connectivity index (χ1n) is 5.90. The Balaban J connectivity index is 2.70. The van der Waals surface area contributed by atoms with Crippen molar-refractivity contribution in [2.24, 2.45) is 0 Å². The lowest BCUT2D eigenvalue weighted by Gasteiger charge is -2.17. The van der Waals surface area contributed by atoms with Gasteiger partial charge in [-0.15, -0.1) is 0 Å². The zero-order valence-corrected chi connectivity index (χ0v) is 10.6. The molecule has 0 aliphatic carbocycles. The molecule has 0 bridgehead atoms. The van der Waals surface area contributed by atoms with Crippen molar-refractivity contribution >= 4 is 5.91 Å². The molecule has 0 aliphatic heterocycles. The SMILES string of the molecule is CCCC(COC)NC(=O)c1ccc(O)c(O)c1. The molecule has 1 aromatic rings. The molecule has 0 aromatic heterocycles. The maximum Gasteiger partial charge on any atom is 0.251 e. The fourth-order valence-electron chi connectivity index (χ4n) is 1.68. The van der Waals surface area contributed by atoms with E-state index in [2.05, 4.69) is 5.32 Å². The number of phenols is 2. The Labute approximate surface area is 106 Å². The van der Waals surface area contributed by atoms with Gasteiger partial charge in [-0.05, 0) is 24.6 Å².